The molecule has 0 saturated carbocycles. The highest BCUT2D eigenvalue weighted by atomic mass is 35.5. The predicted octanol–water partition coefficient (Wildman–Crippen LogP) is 1.89. The van der Waals surface area contributed by atoms with Crippen LogP contribution in [0.1, 0.15) is 24.6 Å². The van der Waals surface area contributed by atoms with Crippen LogP contribution in [-0.4, -0.2) is 65.5 Å². The maximum Gasteiger partial charge on any atom is 0.317 e. The Morgan fingerprint density at radius 1 is 1.42 bits per heavy atom. The lowest BCUT2D eigenvalue weighted by Crippen LogP contribution is -2.48. The molecule has 1 amide bonds. The molecule has 1 aromatic heterocycles. The molecule has 134 valence electrons. The Balaban J connectivity index is 1.70. The van der Waals surface area contributed by atoms with Crippen LogP contribution in [0.15, 0.2) is 12.1 Å². The molecule has 0 bridgehead atoms. The number of carbonyl (C=O) groups is 2. The minimum absolute atomic E-state index is 0.0101. The predicted molar refractivity (Wildman–Crippen MR) is 95.5 cm³/mol. The number of carbonyl (C=O) groups excluding carboxylic acids is 1. The molecule has 0 aromatic carbocycles. The first-order valence-electron chi connectivity index (χ1n) is 8.17. The van der Waals surface area contributed by atoms with Crippen LogP contribution >= 0.6 is 22.9 Å². The first-order valence-corrected chi connectivity index (χ1v) is 9.36. The third-order valence-corrected chi connectivity index (χ3v) is 5.51. The average Bonchev–Trinajstić information content (AvgIpc) is 2.97. The van der Waals surface area contributed by atoms with Crippen LogP contribution in [-0.2, 0) is 16.1 Å². The third-order valence-electron chi connectivity index (χ3n) is 4.27. The van der Waals surface area contributed by atoms with E-state index in [2.05, 4.69) is 10.2 Å². The molecule has 6 nitrogen and oxygen atoms in total. The summed E-state index contributed by atoms with van der Waals surface area (Å²) in [6.45, 7) is 5.34. The molecule has 1 aromatic rings. The molecule has 2 heterocycles. The number of halogens is 1. The fourth-order valence-electron chi connectivity index (χ4n) is 3.01. The molecule has 0 radical (unpaired) electrons. The lowest BCUT2D eigenvalue weighted by atomic mass is 10.0. The van der Waals surface area contributed by atoms with Crippen molar-refractivity contribution in [2.75, 3.05) is 32.7 Å². The van der Waals surface area contributed by atoms with E-state index in [0.717, 1.165) is 41.7 Å². The first-order chi connectivity index (χ1) is 11.5. The number of likely N-dealkylation sites (tertiary alicyclic amines) is 1. The SMILES string of the molecule is CCN(CC(=O)O)C1CCN(CC(=O)NCc2ccc(Cl)s2)CC1. The number of nitrogens with one attached hydrogen (secondary N) is 1. The largest absolute Gasteiger partial charge is 0.480 e. The number of nitrogens with zero attached hydrogens (tertiary/aromatic N) is 2. The zero-order valence-corrected chi connectivity index (χ0v) is 15.4. The molecular formula is C16H24ClN3O3S. The fraction of sp³-hybridized carbons (Fsp3) is 0.625. The number of hydrogen-bond acceptors (Lipinski definition) is 5. The van der Waals surface area contributed by atoms with Gasteiger partial charge in [-0.25, -0.2) is 0 Å². The number of hydrogen-bond donors (Lipinski definition) is 2. The summed E-state index contributed by atoms with van der Waals surface area (Å²) in [6, 6.07) is 4.04. The summed E-state index contributed by atoms with van der Waals surface area (Å²) in [7, 11) is 0. The molecule has 24 heavy (non-hydrogen) atoms. The van der Waals surface area contributed by atoms with E-state index in [-0.39, 0.29) is 12.5 Å². The lowest BCUT2D eigenvalue weighted by Gasteiger charge is -2.37. The van der Waals surface area contributed by atoms with E-state index >= 15 is 0 Å². The highest BCUT2D eigenvalue weighted by Gasteiger charge is 2.25. The second-order valence-electron chi connectivity index (χ2n) is 5.95. The number of carboxylic acid groups (broad SMARTS) is 1. The van der Waals surface area contributed by atoms with Crippen molar-refractivity contribution in [1.82, 2.24) is 15.1 Å². The van der Waals surface area contributed by atoms with Gasteiger partial charge in [-0.15, -0.1) is 11.3 Å². The summed E-state index contributed by atoms with van der Waals surface area (Å²) in [5, 5.41) is 11.9. The van der Waals surface area contributed by atoms with Gasteiger partial charge in [0, 0.05) is 24.0 Å². The smallest absolute Gasteiger partial charge is 0.317 e. The Morgan fingerprint density at radius 3 is 2.67 bits per heavy atom. The van der Waals surface area contributed by atoms with E-state index < -0.39 is 5.97 Å². The van der Waals surface area contributed by atoms with E-state index in [0.29, 0.717) is 19.1 Å². The summed E-state index contributed by atoms with van der Waals surface area (Å²) in [5.74, 6) is -0.775. The monoisotopic (exact) mass is 373 g/mol. The molecule has 0 unspecified atom stereocenters. The van der Waals surface area contributed by atoms with Gasteiger partial charge >= 0.3 is 5.97 Å². The summed E-state index contributed by atoms with van der Waals surface area (Å²) in [6.07, 6.45) is 1.80. The van der Waals surface area contributed by atoms with E-state index in [1.54, 1.807) is 0 Å². The molecule has 1 aliphatic rings. The van der Waals surface area contributed by atoms with Gasteiger partial charge in [-0.05, 0) is 31.5 Å². The van der Waals surface area contributed by atoms with Crippen LogP contribution in [0.4, 0.5) is 0 Å². The standard InChI is InChI=1S/C16H24ClN3O3S/c1-2-20(11-16(22)23)12-5-7-19(8-6-12)10-15(21)18-9-13-3-4-14(17)24-13/h3-4,12H,2,5-11H2,1H3,(H,18,21)(H,22,23). The highest BCUT2D eigenvalue weighted by Crippen LogP contribution is 2.21. The van der Waals surface area contributed by atoms with Crippen molar-refractivity contribution in [2.45, 2.75) is 32.4 Å². The van der Waals surface area contributed by atoms with Crippen molar-refractivity contribution in [3.8, 4) is 0 Å². The number of thiophene rings is 1. The van der Waals surface area contributed by atoms with Gasteiger partial charge in [0.15, 0.2) is 0 Å². The molecule has 0 atom stereocenters. The molecule has 1 aliphatic heterocycles. The zero-order chi connectivity index (χ0) is 17.5. The molecule has 0 aliphatic carbocycles. The van der Waals surface area contributed by atoms with Gasteiger partial charge in [-0.2, -0.15) is 0 Å². The molecule has 0 spiro atoms. The molecule has 2 rings (SSSR count). The Labute approximate surface area is 151 Å². The van der Waals surface area contributed by atoms with E-state index in [1.165, 1.54) is 11.3 Å². The van der Waals surface area contributed by atoms with Gasteiger partial charge in [0.1, 0.15) is 0 Å². The summed E-state index contributed by atoms with van der Waals surface area (Å²) < 4.78 is 0.725. The topological polar surface area (TPSA) is 72.9 Å². The van der Waals surface area contributed by atoms with Gasteiger partial charge in [-0.3, -0.25) is 19.4 Å². The van der Waals surface area contributed by atoms with Crippen LogP contribution in [0.5, 0.6) is 0 Å². The van der Waals surface area contributed by atoms with Crippen molar-refractivity contribution >= 4 is 34.8 Å². The quantitative estimate of drug-likeness (QED) is 0.728. The van der Waals surface area contributed by atoms with Gasteiger partial charge < -0.3 is 10.4 Å². The Bertz CT molecular complexity index is 559. The molecule has 1 saturated heterocycles. The number of rotatable bonds is 8. The highest BCUT2D eigenvalue weighted by molar-refractivity contribution is 7.16. The summed E-state index contributed by atoms with van der Waals surface area (Å²) in [4.78, 5) is 28.1. The maximum absolute atomic E-state index is 12.0. The summed E-state index contributed by atoms with van der Waals surface area (Å²) in [5.41, 5.74) is 0. The van der Waals surface area contributed by atoms with Crippen molar-refractivity contribution in [3.63, 3.8) is 0 Å². The van der Waals surface area contributed by atoms with Gasteiger partial charge in [0.2, 0.25) is 5.91 Å². The number of likely N-dealkylation sites (N-methyl/N-ethyl adjacent to an activating group) is 1. The third kappa shape index (κ3) is 6.05. The van der Waals surface area contributed by atoms with Crippen molar-refractivity contribution in [2.24, 2.45) is 0 Å². The average molecular weight is 374 g/mol. The van der Waals surface area contributed by atoms with Crippen LogP contribution in [0.2, 0.25) is 4.34 Å². The Morgan fingerprint density at radius 2 is 2.12 bits per heavy atom. The zero-order valence-electron chi connectivity index (χ0n) is 13.8. The molecule has 8 heteroatoms. The van der Waals surface area contributed by atoms with Crippen LogP contribution in [0, 0.1) is 0 Å². The minimum Gasteiger partial charge on any atom is -0.480 e. The second-order valence-corrected chi connectivity index (χ2v) is 7.75. The van der Waals surface area contributed by atoms with Crippen LogP contribution in [0.3, 0.4) is 0 Å². The van der Waals surface area contributed by atoms with Crippen LogP contribution < -0.4 is 5.32 Å². The number of amides is 1. The maximum atomic E-state index is 12.0. The van der Waals surface area contributed by atoms with E-state index in [4.69, 9.17) is 16.7 Å². The summed E-state index contributed by atoms with van der Waals surface area (Å²) >= 11 is 7.34. The molecular weight excluding hydrogens is 350 g/mol. The first kappa shape index (κ1) is 19.2. The van der Waals surface area contributed by atoms with E-state index in [9.17, 15) is 9.59 Å². The van der Waals surface area contributed by atoms with Crippen molar-refractivity contribution in [3.05, 3.63) is 21.3 Å². The van der Waals surface area contributed by atoms with Crippen molar-refractivity contribution in [1.29, 1.82) is 0 Å². The Hall–Kier alpha value is -1.15. The van der Waals surface area contributed by atoms with Crippen LogP contribution in [0.25, 0.3) is 0 Å². The normalized spacial score (nSPS) is 16.5. The number of aliphatic carboxylic acids is 1. The fourth-order valence-corrected chi connectivity index (χ4v) is 4.03. The molecule has 1 fully saturated rings. The Kier molecular flexibility index (Phi) is 7.48. The van der Waals surface area contributed by atoms with E-state index in [1.807, 2.05) is 24.0 Å². The number of piperidine rings is 1. The van der Waals surface area contributed by atoms with Gasteiger partial charge in [0.05, 0.1) is 24.0 Å². The minimum atomic E-state index is -0.785. The number of carboxylic acids is 1. The lowest BCUT2D eigenvalue weighted by molar-refractivity contribution is -0.139. The van der Waals surface area contributed by atoms with Gasteiger partial charge in [0.25, 0.3) is 0 Å². The van der Waals surface area contributed by atoms with Crippen molar-refractivity contribution < 1.29 is 14.7 Å². The molecule has 2 N–H and O–H groups in total. The van der Waals surface area contributed by atoms with Gasteiger partial charge in [-0.1, -0.05) is 18.5 Å². The second kappa shape index (κ2) is 9.36.